The Kier molecular flexibility index (Phi) is 17.2. The minimum absolute atomic E-state index is 0. The van der Waals surface area contributed by atoms with Crippen molar-refractivity contribution in [3.05, 3.63) is 0 Å². The van der Waals surface area contributed by atoms with E-state index in [9.17, 15) is 0 Å². The summed E-state index contributed by atoms with van der Waals surface area (Å²) in [7, 11) is 0. The van der Waals surface area contributed by atoms with Crippen LogP contribution in [0.25, 0.3) is 0 Å². The lowest BCUT2D eigenvalue weighted by molar-refractivity contribution is -0.928. The minimum atomic E-state index is 0. The van der Waals surface area contributed by atoms with Crippen LogP contribution in [0.2, 0.25) is 0 Å². The van der Waals surface area contributed by atoms with E-state index in [-0.39, 0.29) is 12.4 Å². The van der Waals surface area contributed by atoms with E-state index in [0.29, 0.717) is 0 Å². The number of alkyl halides is 1. The topological polar surface area (TPSA) is 0 Å². The van der Waals surface area contributed by atoms with Crippen LogP contribution in [-0.2, 0) is 0 Å². The van der Waals surface area contributed by atoms with E-state index < -0.39 is 0 Å². The zero-order valence-corrected chi connectivity index (χ0v) is 14.9. The Labute approximate surface area is 133 Å². The third-order valence-electron chi connectivity index (χ3n) is 3.97. The Bertz CT molecular complexity index is 152. The van der Waals surface area contributed by atoms with Crippen molar-refractivity contribution in [2.75, 3.05) is 32.1 Å². The molecule has 0 N–H and O–H groups in total. The maximum absolute atomic E-state index is 5.93. The van der Waals surface area contributed by atoms with Crippen molar-refractivity contribution >= 4 is 11.6 Å². The summed E-state index contributed by atoms with van der Waals surface area (Å²) in [4.78, 5) is 0. The predicted molar refractivity (Wildman–Crippen MR) is 84.4 cm³/mol. The second-order valence-electron chi connectivity index (χ2n) is 5.69. The van der Waals surface area contributed by atoms with Gasteiger partial charge in [0, 0.05) is 12.3 Å². The van der Waals surface area contributed by atoms with E-state index in [2.05, 4.69) is 20.8 Å². The van der Waals surface area contributed by atoms with Crippen molar-refractivity contribution in [1.29, 1.82) is 0 Å². The first-order valence-corrected chi connectivity index (χ1v) is 8.69. The highest BCUT2D eigenvalue weighted by molar-refractivity contribution is 6.17. The molecule has 0 heterocycles. The maximum Gasteiger partial charge on any atom is 0.0798 e. The SMILES string of the molecule is CCCCC[N+](CCCC)(CCCC)CCCCl.[Cl-]. The lowest BCUT2D eigenvalue weighted by Crippen LogP contribution is -3.00. The summed E-state index contributed by atoms with van der Waals surface area (Å²) >= 11 is 5.93. The molecule has 0 radical (unpaired) electrons. The largest absolute Gasteiger partial charge is 1.00 e. The Morgan fingerprint density at radius 2 is 1.05 bits per heavy atom. The first kappa shape index (κ1) is 21.8. The number of nitrogens with zero attached hydrogens (tertiary/aromatic N) is 1. The van der Waals surface area contributed by atoms with Crippen molar-refractivity contribution in [2.45, 2.75) is 72.1 Å². The van der Waals surface area contributed by atoms with E-state index in [0.717, 1.165) is 5.88 Å². The van der Waals surface area contributed by atoms with Crippen LogP contribution >= 0.6 is 11.6 Å². The fraction of sp³-hybridized carbons (Fsp3) is 1.00. The molecule has 0 unspecified atom stereocenters. The Hall–Kier alpha value is 0.540. The van der Waals surface area contributed by atoms with Gasteiger partial charge in [-0.2, -0.15) is 0 Å². The summed E-state index contributed by atoms with van der Waals surface area (Å²) in [5.41, 5.74) is 0. The third kappa shape index (κ3) is 10.9. The van der Waals surface area contributed by atoms with Gasteiger partial charge in [0.1, 0.15) is 0 Å². The van der Waals surface area contributed by atoms with Crippen molar-refractivity contribution in [1.82, 2.24) is 0 Å². The zero-order chi connectivity index (χ0) is 13.7. The summed E-state index contributed by atoms with van der Waals surface area (Å²) in [6.45, 7) is 12.3. The molecule has 0 aromatic heterocycles. The number of hydrogen-bond acceptors (Lipinski definition) is 0. The molecule has 0 aliphatic rings. The van der Waals surface area contributed by atoms with Gasteiger partial charge in [0.25, 0.3) is 0 Å². The van der Waals surface area contributed by atoms with E-state index >= 15 is 0 Å². The lowest BCUT2D eigenvalue weighted by Gasteiger charge is -2.39. The molecule has 0 rings (SSSR count). The monoisotopic (exact) mass is 311 g/mol. The van der Waals surface area contributed by atoms with Gasteiger partial charge >= 0.3 is 0 Å². The van der Waals surface area contributed by atoms with Gasteiger partial charge in [-0.25, -0.2) is 0 Å². The highest BCUT2D eigenvalue weighted by atomic mass is 35.5. The fourth-order valence-corrected chi connectivity index (χ4v) is 2.87. The molecule has 19 heavy (non-hydrogen) atoms. The summed E-state index contributed by atoms with van der Waals surface area (Å²) < 4.78 is 1.34. The van der Waals surface area contributed by atoms with Gasteiger partial charge in [-0.1, -0.05) is 40.0 Å². The number of unbranched alkanes of at least 4 members (excludes halogenated alkanes) is 4. The average Bonchev–Trinajstić information content (AvgIpc) is 2.40. The average molecular weight is 312 g/mol. The van der Waals surface area contributed by atoms with Crippen LogP contribution in [0.15, 0.2) is 0 Å². The molecule has 3 heteroatoms. The highest BCUT2D eigenvalue weighted by Gasteiger charge is 2.24. The molecule has 0 saturated carbocycles. The summed E-state index contributed by atoms with van der Waals surface area (Å²) in [6.07, 6.45) is 10.7. The van der Waals surface area contributed by atoms with Gasteiger partial charge in [-0.15, -0.1) is 11.6 Å². The number of halogens is 2. The van der Waals surface area contributed by atoms with Gasteiger partial charge < -0.3 is 16.9 Å². The van der Waals surface area contributed by atoms with Gasteiger partial charge in [-0.05, 0) is 25.7 Å². The number of quaternary nitrogens is 1. The normalized spacial score (nSPS) is 11.4. The van der Waals surface area contributed by atoms with E-state index in [1.807, 2.05) is 0 Å². The number of hydrogen-bond donors (Lipinski definition) is 0. The summed E-state index contributed by atoms with van der Waals surface area (Å²) in [5.74, 6) is 0.825. The quantitative estimate of drug-likeness (QED) is 0.278. The zero-order valence-electron chi connectivity index (χ0n) is 13.4. The first-order valence-electron chi connectivity index (χ1n) is 8.15. The second kappa shape index (κ2) is 14.9. The molecule has 0 atom stereocenters. The van der Waals surface area contributed by atoms with E-state index in [1.54, 1.807) is 0 Å². The molecule has 0 aliphatic carbocycles. The Morgan fingerprint density at radius 1 is 0.632 bits per heavy atom. The third-order valence-corrected chi connectivity index (χ3v) is 4.24. The van der Waals surface area contributed by atoms with Gasteiger partial charge in [0.05, 0.1) is 26.2 Å². The molecule has 0 fully saturated rings. The first-order chi connectivity index (χ1) is 8.74. The molecular weight excluding hydrogens is 277 g/mol. The Balaban J connectivity index is 0. The highest BCUT2D eigenvalue weighted by Crippen LogP contribution is 2.16. The van der Waals surface area contributed by atoms with E-state index in [4.69, 9.17) is 11.6 Å². The molecular formula is C16H35Cl2N. The molecule has 1 nitrogen and oxygen atoms in total. The van der Waals surface area contributed by atoms with Crippen LogP contribution < -0.4 is 12.4 Å². The van der Waals surface area contributed by atoms with Crippen LogP contribution in [0.5, 0.6) is 0 Å². The van der Waals surface area contributed by atoms with Crippen LogP contribution in [-0.4, -0.2) is 36.5 Å². The summed E-state index contributed by atoms with van der Waals surface area (Å²) in [6, 6.07) is 0. The molecule has 0 spiro atoms. The van der Waals surface area contributed by atoms with Gasteiger partial charge in [0.15, 0.2) is 0 Å². The van der Waals surface area contributed by atoms with Crippen LogP contribution in [0.3, 0.4) is 0 Å². The fourth-order valence-electron chi connectivity index (χ4n) is 2.75. The van der Waals surface area contributed by atoms with Gasteiger partial charge in [-0.3, -0.25) is 0 Å². The number of rotatable bonds is 13. The summed E-state index contributed by atoms with van der Waals surface area (Å²) in [5, 5.41) is 0. The van der Waals surface area contributed by atoms with Gasteiger partial charge in [0.2, 0.25) is 0 Å². The molecule has 118 valence electrons. The van der Waals surface area contributed by atoms with Crippen LogP contribution in [0, 0.1) is 0 Å². The van der Waals surface area contributed by atoms with Crippen molar-refractivity contribution < 1.29 is 16.9 Å². The standard InChI is InChI=1S/C16H35ClN.ClH/c1-4-7-10-15-18(13-8-5-2,14-9-6-3)16-11-12-17;/h4-16H2,1-3H3;1H/q+1;/p-1. The van der Waals surface area contributed by atoms with E-state index in [1.165, 1.54) is 82.0 Å². The maximum atomic E-state index is 5.93. The van der Waals surface area contributed by atoms with Crippen molar-refractivity contribution in [3.8, 4) is 0 Å². The molecule has 0 bridgehead atoms. The van der Waals surface area contributed by atoms with Crippen molar-refractivity contribution in [3.63, 3.8) is 0 Å². The lowest BCUT2D eigenvalue weighted by atomic mass is 10.1. The molecule has 0 aromatic carbocycles. The van der Waals surface area contributed by atoms with Crippen LogP contribution in [0.4, 0.5) is 0 Å². The molecule has 0 aliphatic heterocycles. The smallest absolute Gasteiger partial charge is 0.0798 e. The molecule has 0 aromatic rings. The molecule has 0 saturated heterocycles. The van der Waals surface area contributed by atoms with Crippen LogP contribution in [0.1, 0.15) is 72.1 Å². The Morgan fingerprint density at radius 3 is 1.47 bits per heavy atom. The second-order valence-corrected chi connectivity index (χ2v) is 6.07. The van der Waals surface area contributed by atoms with Crippen molar-refractivity contribution in [2.24, 2.45) is 0 Å². The predicted octanol–water partition coefficient (Wildman–Crippen LogP) is 2.23. The molecule has 0 amide bonds. The minimum Gasteiger partial charge on any atom is -1.00 e.